The van der Waals surface area contributed by atoms with Crippen LogP contribution in [-0.4, -0.2) is 11.0 Å². The predicted molar refractivity (Wildman–Crippen MR) is 63.6 cm³/mol. The standard InChI is InChI=1S/C12H11NO2S/c14-11-3-1-2-9(6-11)7-13-12(15)10-4-5-16-8-10/h1-6,8,14H,7H2,(H,13,15). The molecule has 0 saturated heterocycles. The lowest BCUT2D eigenvalue weighted by Crippen LogP contribution is -2.22. The van der Waals surface area contributed by atoms with E-state index in [-0.39, 0.29) is 11.7 Å². The van der Waals surface area contributed by atoms with Crippen molar-refractivity contribution < 1.29 is 9.90 Å². The molecular formula is C12H11NO2S. The van der Waals surface area contributed by atoms with Gasteiger partial charge in [0, 0.05) is 17.5 Å². The van der Waals surface area contributed by atoms with Crippen LogP contribution in [-0.2, 0) is 6.54 Å². The van der Waals surface area contributed by atoms with Crippen LogP contribution in [0.25, 0.3) is 0 Å². The fourth-order valence-electron chi connectivity index (χ4n) is 1.34. The maximum absolute atomic E-state index is 11.6. The van der Waals surface area contributed by atoms with E-state index in [9.17, 15) is 9.90 Å². The van der Waals surface area contributed by atoms with E-state index >= 15 is 0 Å². The molecule has 0 spiro atoms. The Morgan fingerprint density at radius 3 is 2.94 bits per heavy atom. The number of rotatable bonds is 3. The highest BCUT2D eigenvalue weighted by Gasteiger charge is 2.04. The number of carbonyl (C=O) groups is 1. The minimum absolute atomic E-state index is 0.0930. The van der Waals surface area contributed by atoms with Crippen molar-refractivity contribution in [1.29, 1.82) is 0 Å². The molecular weight excluding hydrogens is 222 g/mol. The molecule has 2 aromatic rings. The maximum atomic E-state index is 11.6. The Balaban J connectivity index is 1.95. The Hall–Kier alpha value is -1.81. The lowest BCUT2D eigenvalue weighted by atomic mass is 10.2. The Kier molecular flexibility index (Phi) is 3.22. The highest BCUT2D eigenvalue weighted by Crippen LogP contribution is 2.11. The lowest BCUT2D eigenvalue weighted by molar-refractivity contribution is 0.0951. The fourth-order valence-corrected chi connectivity index (χ4v) is 1.98. The molecule has 0 atom stereocenters. The first-order valence-electron chi connectivity index (χ1n) is 4.84. The number of phenols is 1. The molecule has 4 heteroatoms. The van der Waals surface area contributed by atoms with Crippen molar-refractivity contribution in [2.24, 2.45) is 0 Å². The molecule has 0 fully saturated rings. The second-order valence-corrected chi connectivity index (χ2v) is 4.14. The van der Waals surface area contributed by atoms with Crippen molar-refractivity contribution in [2.45, 2.75) is 6.54 Å². The van der Waals surface area contributed by atoms with E-state index in [1.165, 1.54) is 11.3 Å². The summed E-state index contributed by atoms with van der Waals surface area (Å²) in [6, 6.07) is 8.62. The van der Waals surface area contributed by atoms with Gasteiger partial charge in [0.1, 0.15) is 5.75 Å². The number of phenolic OH excluding ortho intramolecular Hbond substituents is 1. The number of amides is 1. The average Bonchev–Trinajstić information content (AvgIpc) is 2.79. The van der Waals surface area contributed by atoms with Gasteiger partial charge in [-0.2, -0.15) is 11.3 Å². The highest BCUT2D eigenvalue weighted by molar-refractivity contribution is 7.08. The van der Waals surface area contributed by atoms with Gasteiger partial charge in [0.25, 0.3) is 5.91 Å². The maximum Gasteiger partial charge on any atom is 0.252 e. The monoisotopic (exact) mass is 233 g/mol. The smallest absolute Gasteiger partial charge is 0.252 e. The Morgan fingerprint density at radius 1 is 1.38 bits per heavy atom. The van der Waals surface area contributed by atoms with Gasteiger partial charge in [-0.3, -0.25) is 4.79 Å². The number of carbonyl (C=O) groups excluding carboxylic acids is 1. The molecule has 1 heterocycles. The van der Waals surface area contributed by atoms with E-state index in [4.69, 9.17) is 0 Å². The number of hydrogen-bond acceptors (Lipinski definition) is 3. The highest BCUT2D eigenvalue weighted by atomic mass is 32.1. The van der Waals surface area contributed by atoms with Gasteiger partial charge in [-0.05, 0) is 29.1 Å². The van der Waals surface area contributed by atoms with Crippen LogP contribution in [0.5, 0.6) is 5.75 Å². The molecule has 3 nitrogen and oxygen atoms in total. The van der Waals surface area contributed by atoms with Crippen molar-refractivity contribution in [2.75, 3.05) is 0 Å². The molecule has 0 radical (unpaired) electrons. The Morgan fingerprint density at radius 2 is 2.25 bits per heavy atom. The number of thiophene rings is 1. The van der Waals surface area contributed by atoms with Crippen molar-refractivity contribution in [3.8, 4) is 5.75 Å². The minimum atomic E-state index is -0.0930. The first-order chi connectivity index (χ1) is 7.75. The number of hydrogen-bond donors (Lipinski definition) is 2. The van der Waals surface area contributed by atoms with Gasteiger partial charge in [-0.1, -0.05) is 12.1 Å². The lowest BCUT2D eigenvalue weighted by Gasteiger charge is -2.04. The van der Waals surface area contributed by atoms with Gasteiger partial charge in [-0.15, -0.1) is 0 Å². The third-order valence-electron chi connectivity index (χ3n) is 2.15. The van der Waals surface area contributed by atoms with Crippen LogP contribution in [0.2, 0.25) is 0 Å². The third kappa shape index (κ3) is 2.61. The van der Waals surface area contributed by atoms with Gasteiger partial charge in [-0.25, -0.2) is 0 Å². The van der Waals surface area contributed by atoms with Crippen molar-refractivity contribution in [1.82, 2.24) is 5.32 Å². The molecule has 16 heavy (non-hydrogen) atoms. The SMILES string of the molecule is O=C(NCc1cccc(O)c1)c1ccsc1. The number of benzene rings is 1. The summed E-state index contributed by atoms with van der Waals surface area (Å²) < 4.78 is 0. The summed E-state index contributed by atoms with van der Waals surface area (Å²) in [7, 11) is 0. The van der Waals surface area contributed by atoms with Crippen LogP contribution >= 0.6 is 11.3 Å². The average molecular weight is 233 g/mol. The first-order valence-corrected chi connectivity index (χ1v) is 5.78. The zero-order chi connectivity index (χ0) is 11.4. The van der Waals surface area contributed by atoms with Crippen LogP contribution in [0.4, 0.5) is 0 Å². The summed E-state index contributed by atoms with van der Waals surface area (Å²) in [6.07, 6.45) is 0. The summed E-state index contributed by atoms with van der Waals surface area (Å²) in [4.78, 5) is 11.6. The van der Waals surface area contributed by atoms with Gasteiger partial charge in [0.15, 0.2) is 0 Å². The van der Waals surface area contributed by atoms with Crippen molar-refractivity contribution >= 4 is 17.2 Å². The normalized spacial score (nSPS) is 10.0. The van der Waals surface area contributed by atoms with E-state index in [1.54, 1.807) is 29.6 Å². The van der Waals surface area contributed by atoms with Crippen LogP contribution in [0.1, 0.15) is 15.9 Å². The van der Waals surface area contributed by atoms with Gasteiger partial charge in [0.05, 0.1) is 0 Å². The zero-order valence-corrected chi connectivity index (χ0v) is 9.33. The molecule has 0 unspecified atom stereocenters. The van der Waals surface area contributed by atoms with Gasteiger partial charge in [0.2, 0.25) is 0 Å². The Labute approximate surface area is 97.4 Å². The molecule has 0 saturated carbocycles. The molecule has 1 aromatic carbocycles. The van der Waals surface area contributed by atoms with Crippen LogP contribution in [0.3, 0.4) is 0 Å². The molecule has 2 rings (SSSR count). The summed E-state index contributed by atoms with van der Waals surface area (Å²) in [5.74, 6) is 0.117. The summed E-state index contributed by atoms with van der Waals surface area (Å²) >= 11 is 1.49. The van der Waals surface area contributed by atoms with E-state index in [0.717, 1.165) is 5.56 Å². The topological polar surface area (TPSA) is 49.3 Å². The molecule has 2 N–H and O–H groups in total. The fraction of sp³-hybridized carbons (Fsp3) is 0.0833. The third-order valence-corrected chi connectivity index (χ3v) is 2.83. The van der Waals surface area contributed by atoms with Crippen molar-refractivity contribution in [3.63, 3.8) is 0 Å². The molecule has 82 valence electrons. The molecule has 1 amide bonds. The second kappa shape index (κ2) is 4.81. The Bertz CT molecular complexity index is 480. The van der Waals surface area contributed by atoms with Crippen LogP contribution in [0, 0.1) is 0 Å². The van der Waals surface area contributed by atoms with E-state index < -0.39 is 0 Å². The first kappa shape index (κ1) is 10.7. The molecule has 0 bridgehead atoms. The van der Waals surface area contributed by atoms with E-state index in [2.05, 4.69) is 5.32 Å². The number of nitrogens with one attached hydrogen (secondary N) is 1. The van der Waals surface area contributed by atoms with Crippen molar-refractivity contribution in [3.05, 3.63) is 52.2 Å². The van der Waals surface area contributed by atoms with Gasteiger partial charge >= 0.3 is 0 Å². The van der Waals surface area contributed by atoms with E-state index in [0.29, 0.717) is 12.1 Å². The largest absolute Gasteiger partial charge is 0.508 e. The number of aromatic hydroxyl groups is 1. The minimum Gasteiger partial charge on any atom is -0.508 e. The van der Waals surface area contributed by atoms with Gasteiger partial charge < -0.3 is 10.4 Å². The van der Waals surface area contributed by atoms with Crippen LogP contribution in [0.15, 0.2) is 41.1 Å². The summed E-state index contributed by atoms with van der Waals surface area (Å²) in [5.41, 5.74) is 1.55. The summed E-state index contributed by atoms with van der Waals surface area (Å²) in [5, 5.41) is 15.7. The molecule has 0 aliphatic heterocycles. The predicted octanol–water partition coefficient (Wildman–Crippen LogP) is 2.38. The molecule has 0 aliphatic carbocycles. The zero-order valence-electron chi connectivity index (χ0n) is 8.51. The van der Waals surface area contributed by atoms with E-state index in [1.807, 2.05) is 11.4 Å². The second-order valence-electron chi connectivity index (χ2n) is 3.36. The molecule has 1 aromatic heterocycles. The molecule has 0 aliphatic rings. The quantitative estimate of drug-likeness (QED) is 0.855. The van der Waals surface area contributed by atoms with Crippen LogP contribution < -0.4 is 5.32 Å². The summed E-state index contributed by atoms with van der Waals surface area (Å²) in [6.45, 7) is 0.420.